The minimum absolute atomic E-state index is 0.300. The first kappa shape index (κ1) is 10.2. The molecule has 0 unspecified atom stereocenters. The first-order valence-corrected chi connectivity index (χ1v) is 6.32. The van der Waals surface area contributed by atoms with Crippen LogP contribution in [0.4, 0.5) is 0 Å². The number of sulfonamides is 1. The Balaban J connectivity index is 2.68. The van der Waals surface area contributed by atoms with E-state index in [-0.39, 0.29) is 0 Å². The molecule has 1 aromatic carbocycles. The molecule has 1 N–H and O–H groups in total. The normalized spacial score (nSPS) is 17.9. The third kappa shape index (κ3) is 1.65. The van der Waals surface area contributed by atoms with Gasteiger partial charge in [0.1, 0.15) is 0 Å². The molecule has 0 radical (unpaired) electrons. The fourth-order valence-electron chi connectivity index (χ4n) is 1.70. The van der Waals surface area contributed by atoms with E-state index in [0.717, 1.165) is 11.1 Å². The van der Waals surface area contributed by atoms with Crippen molar-refractivity contribution in [3.63, 3.8) is 0 Å². The fourth-order valence-corrected chi connectivity index (χ4v) is 2.84. The molecule has 0 saturated heterocycles. The van der Waals surface area contributed by atoms with Crippen LogP contribution in [-0.2, 0) is 10.0 Å². The monoisotopic (exact) mass is 223 g/mol. The van der Waals surface area contributed by atoms with Gasteiger partial charge in [0, 0.05) is 6.20 Å². The van der Waals surface area contributed by atoms with Gasteiger partial charge < -0.3 is 0 Å². The maximum absolute atomic E-state index is 11.7. The van der Waals surface area contributed by atoms with Gasteiger partial charge in [-0.15, -0.1) is 0 Å². The lowest BCUT2D eigenvalue weighted by atomic mass is 9.96. The van der Waals surface area contributed by atoms with Gasteiger partial charge in [-0.05, 0) is 23.1 Å². The van der Waals surface area contributed by atoms with E-state index in [4.69, 9.17) is 0 Å². The summed E-state index contributed by atoms with van der Waals surface area (Å²) in [5, 5.41) is 0. The van der Waals surface area contributed by atoms with E-state index in [1.807, 2.05) is 26.0 Å². The molecule has 1 heterocycles. The van der Waals surface area contributed by atoms with Gasteiger partial charge in [-0.3, -0.25) is 4.72 Å². The van der Waals surface area contributed by atoms with E-state index in [9.17, 15) is 8.42 Å². The van der Waals surface area contributed by atoms with Gasteiger partial charge in [-0.2, -0.15) is 0 Å². The highest BCUT2D eigenvalue weighted by Gasteiger charge is 2.24. The Morgan fingerprint density at radius 3 is 2.53 bits per heavy atom. The molecule has 0 aromatic heterocycles. The average Bonchev–Trinajstić information content (AvgIpc) is 2.17. The van der Waals surface area contributed by atoms with Crippen LogP contribution in [0.1, 0.15) is 19.4 Å². The first-order chi connectivity index (χ1) is 7.02. The summed E-state index contributed by atoms with van der Waals surface area (Å²) in [6.07, 6.45) is 1.59. The SMILES string of the molecule is CC(C)C1=CNS(=O)(=O)c2ccccc21. The molecular formula is C11H13NO2S. The minimum atomic E-state index is -3.33. The molecule has 0 fully saturated rings. The smallest absolute Gasteiger partial charge is 0.262 e. The standard InChI is InChI=1S/C11H13NO2S/c1-8(2)10-7-12-15(13,14)11-6-4-3-5-9(10)11/h3-8,12H,1-2H3. The van der Waals surface area contributed by atoms with Crippen molar-refractivity contribution in [2.75, 3.05) is 0 Å². The maximum Gasteiger partial charge on any atom is 0.262 e. The van der Waals surface area contributed by atoms with Gasteiger partial charge >= 0.3 is 0 Å². The molecule has 4 heteroatoms. The van der Waals surface area contributed by atoms with Gasteiger partial charge in [0.2, 0.25) is 0 Å². The number of fused-ring (bicyclic) bond motifs is 1. The Hall–Kier alpha value is -1.29. The van der Waals surface area contributed by atoms with Crippen molar-refractivity contribution >= 4 is 15.6 Å². The lowest BCUT2D eigenvalue weighted by molar-refractivity contribution is 0.588. The van der Waals surface area contributed by atoms with Crippen LogP contribution >= 0.6 is 0 Å². The average molecular weight is 223 g/mol. The molecule has 80 valence electrons. The number of rotatable bonds is 1. The van der Waals surface area contributed by atoms with Crippen LogP contribution in [0.2, 0.25) is 0 Å². The largest absolute Gasteiger partial charge is 0.286 e. The predicted molar refractivity (Wildman–Crippen MR) is 59.6 cm³/mol. The number of nitrogens with one attached hydrogen (secondary N) is 1. The second-order valence-electron chi connectivity index (χ2n) is 3.87. The third-order valence-electron chi connectivity index (χ3n) is 2.48. The quantitative estimate of drug-likeness (QED) is 0.791. The first-order valence-electron chi connectivity index (χ1n) is 4.84. The van der Waals surface area contributed by atoms with Crippen LogP contribution < -0.4 is 4.72 Å². The highest BCUT2D eigenvalue weighted by atomic mass is 32.2. The van der Waals surface area contributed by atoms with Crippen molar-refractivity contribution in [3.8, 4) is 0 Å². The number of hydrogen-bond acceptors (Lipinski definition) is 2. The van der Waals surface area contributed by atoms with Crippen molar-refractivity contribution in [2.45, 2.75) is 18.7 Å². The van der Waals surface area contributed by atoms with E-state index in [1.54, 1.807) is 18.3 Å². The van der Waals surface area contributed by atoms with Crippen molar-refractivity contribution in [1.82, 2.24) is 4.72 Å². The highest BCUT2D eigenvalue weighted by Crippen LogP contribution is 2.31. The minimum Gasteiger partial charge on any atom is -0.286 e. The molecule has 3 nitrogen and oxygen atoms in total. The molecule has 15 heavy (non-hydrogen) atoms. The van der Waals surface area contributed by atoms with E-state index in [1.165, 1.54) is 0 Å². The zero-order valence-corrected chi connectivity index (χ0v) is 9.51. The zero-order chi connectivity index (χ0) is 11.1. The summed E-state index contributed by atoms with van der Waals surface area (Å²) < 4.78 is 25.8. The van der Waals surface area contributed by atoms with Gasteiger partial charge in [-0.25, -0.2) is 8.42 Å². The van der Waals surface area contributed by atoms with Crippen LogP contribution in [0.5, 0.6) is 0 Å². The summed E-state index contributed by atoms with van der Waals surface area (Å²) in [7, 11) is -3.33. The second kappa shape index (κ2) is 3.38. The van der Waals surface area contributed by atoms with E-state index in [0.29, 0.717) is 10.8 Å². The highest BCUT2D eigenvalue weighted by molar-refractivity contribution is 7.89. The Bertz CT molecular complexity index is 515. The molecule has 0 atom stereocenters. The molecule has 0 amide bonds. The van der Waals surface area contributed by atoms with Crippen LogP contribution in [0.3, 0.4) is 0 Å². The molecule has 1 aliphatic rings. The fraction of sp³-hybridized carbons (Fsp3) is 0.273. The van der Waals surface area contributed by atoms with Crippen LogP contribution in [0, 0.1) is 5.92 Å². The number of hydrogen-bond donors (Lipinski definition) is 1. The lowest BCUT2D eigenvalue weighted by Crippen LogP contribution is -2.24. The van der Waals surface area contributed by atoms with E-state index >= 15 is 0 Å². The topological polar surface area (TPSA) is 46.2 Å². The van der Waals surface area contributed by atoms with Gasteiger partial charge in [0.05, 0.1) is 4.90 Å². The molecule has 0 aliphatic carbocycles. The van der Waals surface area contributed by atoms with E-state index < -0.39 is 10.0 Å². The van der Waals surface area contributed by atoms with Crippen molar-refractivity contribution < 1.29 is 8.42 Å². The second-order valence-corrected chi connectivity index (χ2v) is 5.55. The summed E-state index contributed by atoms with van der Waals surface area (Å²) in [5.74, 6) is 0.300. The lowest BCUT2D eigenvalue weighted by Gasteiger charge is -2.21. The Kier molecular flexibility index (Phi) is 2.31. The summed E-state index contributed by atoms with van der Waals surface area (Å²) in [6, 6.07) is 7.07. The molecule has 0 bridgehead atoms. The predicted octanol–water partition coefficient (Wildman–Crippen LogP) is 1.98. The van der Waals surface area contributed by atoms with Gasteiger partial charge in [0.25, 0.3) is 10.0 Å². The molecular weight excluding hydrogens is 210 g/mol. The Labute approximate surface area is 89.9 Å². The number of benzene rings is 1. The van der Waals surface area contributed by atoms with Gasteiger partial charge in [0.15, 0.2) is 0 Å². The number of allylic oxidation sites excluding steroid dienone is 1. The van der Waals surface area contributed by atoms with Crippen LogP contribution in [-0.4, -0.2) is 8.42 Å². The van der Waals surface area contributed by atoms with Crippen LogP contribution in [0.25, 0.3) is 5.57 Å². The molecule has 1 aliphatic heterocycles. The van der Waals surface area contributed by atoms with Crippen LogP contribution in [0.15, 0.2) is 35.4 Å². The summed E-state index contributed by atoms with van der Waals surface area (Å²) in [4.78, 5) is 0.371. The zero-order valence-electron chi connectivity index (χ0n) is 8.69. The Morgan fingerprint density at radius 1 is 1.20 bits per heavy atom. The van der Waals surface area contributed by atoms with Gasteiger partial charge in [-0.1, -0.05) is 32.0 Å². The maximum atomic E-state index is 11.7. The third-order valence-corrected chi connectivity index (χ3v) is 3.84. The van der Waals surface area contributed by atoms with Crippen molar-refractivity contribution in [2.24, 2.45) is 5.92 Å². The summed E-state index contributed by atoms with van der Waals surface area (Å²) in [6.45, 7) is 4.09. The van der Waals surface area contributed by atoms with Crippen molar-refractivity contribution in [1.29, 1.82) is 0 Å². The van der Waals surface area contributed by atoms with E-state index in [2.05, 4.69) is 4.72 Å². The molecule has 0 saturated carbocycles. The van der Waals surface area contributed by atoms with Crippen molar-refractivity contribution in [3.05, 3.63) is 36.0 Å². The Morgan fingerprint density at radius 2 is 1.87 bits per heavy atom. The summed E-state index contributed by atoms with van der Waals surface area (Å²) >= 11 is 0. The molecule has 1 aromatic rings. The molecule has 0 spiro atoms. The summed E-state index contributed by atoms with van der Waals surface area (Å²) in [5.41, 5.74) is 1.84. The molecule has 2 rings (SSSR count).